The fourth-order valence-corrected chi connectivity index (χ4v) is 4.55. The van der Waals surface area contributed by atoms with Crippen molar-refractivity contribution < 1.29 is 14.3 Å². The number of carbonyl (C=O) groups excluding carboxylic acids is 2. The van der Waals surface area contributed by atoms with Crippen molar-refractivity contribution in [2.75, 3.05) is 0 Å². The second kappa shape index (κ2) is 9.92. The Morgan fingerprint density at radius 3 is 2.55 bits per heavy atom. The third kappa shape index (κ3) is 5.33. The van der Waals surface area contributed by atoms with Crippen LogP contribution in [0.25, 0.3) is 0 Å². The third-order valence-corrected chi connectivity index (χ3v) is 6.25. The highest BCUT2D eigenvalue weighted by atomic mass is 35.5. The number of rotatable bonds is 7. The van der Waals surface area contributed by atoms with Gasteiger partial charge in [-0.25, -0.2) is 9.79 Å². The summed E-state index contributed by atoms with van der Waals surface area (Å²) in [5.74, 6) is -0.467. The molecule has 1 N–H and O–H groups in total. The fourth-order valence-electron chi connectivity index (χ4n) is 3.46. The lowest BCUT2D eigenvalue weighted by Gasteiger charge is -2.36. The fraction of sp³-hybridized carbons (Fsp3) is 0.435. The van der Waals surface area contributed by atoms with Crippen molar-refractivity contribution in [2.45, 2.75) is 65.6 Å². The van der Waals surface area contributed by atoms with Crippen LogP contribution < -0.4 is 5.32 Å². The summed E-state index contributed by atoms with van der Waals surface area (Å²) in [7, 11) is 0. The van der Waals surface area contributed by atoms with Crippen LogP contribution in [0.5, 0.6) is 0 Å². The van der Waals surface area contributed by atoms with E-state index in [1.54, 1.807) is 12.1 Å². The van der Waals surface area contributed by atoms with Crippen LogP contribution in [0.2, 0.25) is 5.02 Å². The number of hydrogen-bond acceptors (Lipinski definition) is 6. The van der Waals surface area contributed by atoms with Crippen LogP contribution in [-0.4, -0.2) is 34.1 Å². The molecule has 166 valence electrons. The van der Waals surface area contributed by atoms with Gasteiger partial charge in [-0.05, 0) is 57.2 Å². The van der Waals surface area contributed by atoms with Crippen LogP contribution in [0, 0.1) is 0 Å². The van der Waals surface area contributed by atoms with Crippen LogP contribution in [0.15, 0.2) is 51.6 Å². The van der Waals surface area contributed by atoms with Crippen molar-refractivity contribution in [3.63, 3.8) is 0 Å². The zero-order valence-corrected chi connectivity index (χ0v) is 20.0. The van der Waals surface area contributed by atoms with E-state index in [0.717, 1.165) is 22.8 Å². The molecular formula is C23H28ClN3O3S. The molecule has 2 atom stereocenters. The average molecular weight is 462 g/mol. The molecule has 0 fully saturated rings. The molecule has 1 aromatic rings. The predicted octanol–water partition coefficient (Wildman–Crippen LogP) is 5.17. The van der Waals surface area contributed by atoms with E-state index in [1.165, 1.54) is 11.8 Å². The Labute approximate surface area is 192 Å². The lowest BCUT2D eigenvalue weighted by Crippen LogP contribution is -2.39. The van der Waals surface area contributed by atoms with Gasteiger partial charge in [-0.1, -0.05) is 42.4 Å². The molecular weight excluding hydrogens is 434 g/mol. The summed E-state index contributed by atoms with van der Waals surface area (Å²) in [5.41, 5.74) is 2.76. The maximum atomic E-state index is 13.1. The molecule has 1 amide bonds. The van der Waals surface area contributed by atoms with Crippen molar-refractivity contribution in [3.8, 4) is 0 Å². The highest BCUT2D eigenvalue weighted by Crippen LogP contribution is 2.45. The third-order valence-electron chi connectivity index (χ3n) is 5.11. The Morgan fingerprint density at radius 1 is 1.26 bits per heavy atom. The Hall–Kier alpha value is -2.25. The molecule has 0 radical (unpaired) electrons. The monoisotopic (exact) mass is 461 g/mol. The number of nitrogens with zero attached hydrogens (tertiary/aromatic N) is 2. The van der Waals surface area contributed by atoms with E-state index in [-0.39, 0.29) is 24.5 Å². The van der Waals surface area contributed by atoms with Crippen molar-refractivity contribution in [1.29, 1.82) is 0 Å². The SMILES string of the molecule is CCC(C)NC(=O)CC1=CSC2=NC(C)=C(C(=O)OC(C)C)C(c3ccc(Cl)cc3)N12. The van der Waals surface area contributed by atoms with E-state index in [2.05, 4.69) is 10.3 Å². The first-order valence-electron chi connectivity index (χ1n) is 10.4. The average Bonchev–Trinajstić information content (AvgIpc) is 3.08. The summed E-state index contributed by atoms with van der Waals surface area (Å²) in [6, 6.07) is 7.03. The van der Waals surface area contributed by atoms with Gasteiger partial charge in [0.2, 0.25) is 5.91 Å². The molecule has 8 heteroatoms. The summed E-state index contributed by atoms with van der Waals surface area (Å²) >= 11 is 7.56. The number of amides is 1. The Kier molecular flexibility index (Phi) is 7.49. The van der Waals surface area contributed by atoms with E-state index in [9.17, 15) is 9.59 Å². The van der Waals surface area contributed by atoms with Crippen molar-refractivity contribution in [2.24, 2.45) is 4.99 Å². The Balaban J connectivity index is 2.00. The number of benzene rings is 1. The minimum Gasteiger partial charge on any atom is -0.459 e. The van der Waals surface area contributed by atoms with Crippen molar-refractivity contribution >= 4 is 40.4 Å². The first-order chi connectivity index (χ1) is 14.7. The van der Waals surface area contributed by atoms with Gasteiger partial charge in [0.05, 0.1) is 29.8 Å². The molecule has 2 heterocycles. The van der Waals surface area contributed by atoms with Gasteiger partial charge in [-0.3, -0.25) is 4.79 Å². The van der Waals surface area contributed by atoms with Gasteiger partial charge in [-0.15, -0.1) is 0 Å². The molecule has 3 rings (SSSR count). The smallest absolute Gasteiger partial charge is 0.338 e. The molecule has 0 aliphatic carbocycles. The van der Waals surface area contributed by atoms with Gasteiger partial charge in [0.15, 0.2) is 5.17 Å². The summed E-state index contributed by atoms with van der Waals surface area (Å²) in [5, 5.41) is 6.29. The number of amidine groups is 1. The predicted molar refractivity (Wildman–Crippen MR) is 126 cm³/mol. The molecule has 1 aromatic carbocycles. The lowest BCUT2D eigenvalue weighted by atomic mass is 9.94. The second-order valence-corrected chi connectivity index (χ2v) is 9.23. The second-order valence-electron chi connectivity index (χ2n) is 7.95. The molecule has 0 aromatic heterocycles. The van der Waals surface area contributed by atoms with E-state index >= 15 is 0 Å². The first kappa shape index (κ1) is 23.4. The normalized spacial score (nSPS) is 19.1. The lowest BCUT2D eigenvalue weighted by molar-refractivity contribution is -0.143. The topological polar surface area (TPSA) is 71.0 Å². The zero-order valence-electron chi connectivity index (χ0n) is 18.4. The van der Waals surface area contributed by atoms with Crippen LogP contribution in [-0.2, 0) is 14.3 Å². The standard InChI is InChI=1S/C23H28ClN3O3S/c1-6-14(4)25-19(28)11-18-12-31-23-26-15(5)20(22(29)30-13(2)3)21(27(18)23)16-7-9-17(24)10-8-16/h7-10,12-14,21H,6,11H2,1-5H3,(H,25,28). The number of aliphatic imine (C=N–C) groups is 1. The number of ether oxygens (including phenoxy) is 1. The number of halogens is 1. The number of carbonyl (C=O) groups is 2. The Morgan fingerprint density at radius 2 is 1.94 bits per heavy atom. The number of allylic oxidation sites excluding steroid dienone is 1. The van der Waals surface area contributed by atoms with E-state index in [1.807, 2.05) is 57.1 Å². The first-order valence-corrected chi connectivity index (χ1v) is 11.7. The highest BCUT2D eigenvalue weighted by Gasteiger charge is 2.41. The molecule has 0 bridgehead atoms. The summed E-state index contributed by atoms with van der Waals surface area (Å²) in [6.45, 7) is 9.46. The molecule has 2 aliphatic rings. The van der Waals surface area contributed by atoms with E-state index in [4.69, 9.17) is 16.3 Å². The number of nitrogens with one attached hydrogen (secondary N) is 1. The summed E-state index contributed by atoms with van der Waals surface area (Å²) < 4.78 is 5.54. The van der Waals surface area contributed by atoms with Crippen LogP contribution >= 0.6 is 23.4 Å². The van der Waals surface area contributed by atoms with Crippen molar-refractivity contribution in [1.82, 2.24) is 10.2 Å². The van der Waals surface area contributed by atoms with Crippen LogP contribution in [0.3, 0.4) is 0 Å². The quantitative estimate of drug-likeness (QED) is 0.567. The summed E-state index contributed by atoms with van der Waals surface area (Å²) in [6.07, 6.45) is 0.802. The molecule has 0 saturated heterocycles. The molecule has 6 nitrogen and oxygen atoms in total. The van der Waals surface area contributed by atoms with Gasteiger partial charge < -0.3 is 15.0 Å². The van der Waals surface area contributed by atoms with Gasteiger partial charge in [0.1, 0.15) is 0 Å². The van der Waals surface area contributed by atoms with Gasteiger partial charge in [-0.2, -0.15) is 0 Å². The van der Waals surface area contributed by atoms with E-state index < -0.39 is 12.0 Å². The maximum Gasteiger partial charge on any atom is 0.338 e. The van der Waals surface area contributed by atoms with Crippen LogP contribution in [0.4, 0.5) is 0 Å². The number of esters is 1. The number of fused-ring (bicyclic) bond motifs is 1. The minimum absolute atomic E-state index is 0.0603. The van der Waals surface area contributed by atoms with Crippen LogP contribution in [0.1, 0.15) is 59.1 Å². The maximum absolute atomic E-state index is 13.1. The zero-order chi connectivity index (χ0) is 22.7. The largest absolute Gasteiger partial charge is 0.459 e. The minimum atomic E-state index is -0.450. The molecule has 0 spiro atoms. The molecule has 31 heavy (non-hydrogen) atoms. The Bertz CT molecular complexity index is 953. The van der Waals surface area contributed by atoms with E-state index in [0.29, 0.717) is 16.3 Å². The number of hydrogen-bond donors (Lipinski definition) is 1. The molecule has 2 unspecified atom stereocenters. The highest BCUT2D eigenvalue weighted by molar-refractivity contribution is 8.16. The molecule has 0 saturated carbocycles. The summed E-state index contributed by atoms with van der Waals surface area (Å²) in [4.78, 5) is 32.3. The number of thioether (sulfide) groups is 1. The van der Waals surface area contributed by atoms with Crippen molar-refractivity contribution in [3.05, 3.63) is 57.2 Å². The van der Waals surface area contributed by atoms with Gasteiger partial charge in [0, 0.05) is 16.8 Å². The molecule has 2 aliphatic heterocycles. The van der Waals surface area contributed by atoms with Gasteiger partial charge >= 0.3 is 5.97 Å². The van der Waals surface area contributed by atoms with Gasteiger partial charge in [0.25, 0.3) is 0 Å².